The molecule has 0 nitrogen and oxygen atoms in total. The summed E-state index contributed by atoms with van der Waals surface area (Å²) >= 11 is 0. The first kappa shape index (κ1) is 41.0. The van der Waals surface area contributed by atoms with Gasteiger partial charge in [-0.3, -0.25) is 0 Å². The fourth-order valence-corrected chi connectivity index (χ4v) is 15.2. The molecule has 0 radical (unpaired) electrons. The van der Waals surface area contributed by atoms with Crippen molar-refractivity contribution in [1.29, 1.82) is 0 Å². The molecule has 270 valence electrons. The highest BCUT2D eigenvalue weighted by atomic mass is 28.3. The van der Waals surface area contributed by atoms with Crippen molar-refractivity contribution in [2.75, 3.05) is 0 Å². The maximum atomic E-state index is 4.64. The first-order valence-electron chi connectivity index (χ1n) is 19.9. The van der Waals surface area contributed by atoms with E-state index in [0.717, 1.165) is 6.04 Å². The van der Waals surface area contributed by atoms with E-state index in [1.54, 1.807) is 48.9 Å². The molecule has 0 saturated heterocycles. The van der Waals surface area contributed by atoms with Crippen LogP contribution < -0.4 is 15.6 Å². The van der Waals surface area contributed by atoms with Crippen LogP contribution in [0.4, 0.5) is 0 Å². The normalized spacial score (nSPS) is 12.9. The molecule has 0 atom stereocenters. The predicted octanol–water partition coefficient (Wildman–Crippen LogP) is 13.5. The number of hydrogen-bond acceptors (Lipinski definition) is 0. The van der Waals surface area contributed by atoms with Gasteiger partial charge in [0.1, 0.15) is 0 Å². The summed E-state index contributed by atoms with van der Waals surface area (Å²) in [5.74, 6) is 3.86. The minimum atomic E-state index is -2.86. The maximum absolute atomic E-state index is 4.64. The average Bonchev–Trinajstić information content (AvgIpc) is 3.01. The molecular formula is C48H74Si. The van der Waals surface area contributed by atoms with Crippen LogP contribution in [-0.2, 0) is 0 Å². The molecule has 0 heterocycles. The molecule has 3 rings (SSSR count). The Morgan fingerprint density at radius 1 is 0.367 bits per heavy atom. The number of rotatable bonds is 14. The lowest BCUT2D eigenvalue weighted by atomic mass is 9.88. The van der Waals surface area contributed by atoms with Crippen molar-refractivity contribution in [3.05, 3.63) is 99.1 Å². The van der Waals surface area contributed by atoms with Gasteiger partial charge in [-0.1, -0.05) is 167 Å². The smallest absolute Gasteiger partial charge is 0.103 e. The summed E-state index contributed by atoms with van der Waals surface area (Å²) in [6.45, 7) is 48.2. The third-order valence-corrected chi connectivity index (χ3v) is 16.3. The van der Waals surface area contributed by atoms with Crippen LogP contribution in [0.2, 0.25) is 6.04 Å². The van der Waals surface area contributed by atoms with E-state index in [-0.39, 0.29) is 0 Å². The van der Waals surface area contributed by atoms with Gasteiger partial charge in [0.25, 0.3) is 0 Å². The molecule has 0 bridgehead atoms. The van der Waals surface area contributed by atoms with Crippen molar-refractivity contribution < 1.29 is 0 Å². The van der Waals surface area contributed by atoms with E-state index in [1.807, 2.05) is 0 Å². The highest BCUT2D eigenvalue weighted by Crippen LogP contribution is 2.38. The van der Waals surface area contributed by atoms with Gasteiger partial charge < -0.3 is 0 Å². The topological polar surface area (TPSA) is 0 Å². The summed E-state index contributed by atoms with van der Waals surface area (Å²) in [4.78, 5) is 0. The Morgan fingerprint density at radius 2 is 0.551 bits per heavy atom. The van der Waals surface area contributed by atoms with Crippen molar-refractivity contribution in [3.63, 3.8) is 0 Å². The van der Waals surface area contributed by atoms with Gasteiger partial charge in [0, 0.05) is 0 Å². The van der Waals surface area contributed by atoms with Crippen LogP contribution in [-0.4, -0.2) is 8.07 Å². The van der Waals surface area contributed by atoms with Gasteiger partial charge in [-0.15, -0.1) is 6.58 Å². The van der Waals surface area contributed by atoms with Gasteiger partial charge in [-0.2, -0.15) is 0 Å². The number of benzene rings is 3. The molecule has 0 amide bonds. The van der Waals surface area contributed by atoms with Gasteiger partial charge in [-0.05, 0) is 125 Å². The monoisotopic (exact) mass is 679 g/mol. The lowest BCUT2D eigenvalue weighted by Crippen LogP contribution is -2.72. The van der Waals surface area contributed by atoms with E-state index in [2.05, 4.69) is 174 Å². The quantitative estimate of drug-likeness (QED) is 0.0904. The third kappa shape index (κ3) is 8.08. The molecule has 0 aliphatic heterocycles. The lowest BCUT2D eigenvalue weighted by Gasteiger charge is -2.45. The van der Waals surface area contributed by atoms with Crippen LogP contribution >= 0.6 is 0 Å². The van der Waals surface area contributed by atoms with E-state index in [4.69, 9.17) is 0 Å². The minimum Gasteiger partial charge on any atom is -0.103 e. The summed E-state index contributed by atoms with van der Waals surface area (Å²) < 4.78 is 0. The summed E-state index contributed by atoms with van der Waals surface area (Å²) in [6, 6.07) is 16.7. The summed E-state index contributed by atoms with van der Waals surface area (Å²) in [6.07, 6.45) is 2.33. The van der Waals surface area contributed by atoms with Crippen molar-refractivity contribution in [3.8, 4) is 0 Å². The average molecular weight is 679 g/mol. The zero-order valence-electron chi connectivity index (χ0n) is 35.2. The van der Waals surface area contributed by atoms with Gasteiger partial charge >= 0.3 is 0 Å². The van der Waals surface area contributed by atoms with Crippen LogP contribution in [0.1, 0.15) is 228 Å². The SMILES string of the molecule is C=CC[Si](c1c(C(C)C)cc(C(C)C)cc1C(C)C)(c1c(C(C)C)cc(C(C)C)cc1C(C)C)c1c(C(C)C)cc(C(C)C)cc1C(C)C. The van der Waals surface area contributed by atoms with Gasteiger partial charge in [0.2, 0.25) is 0 Å². The van der Waals surface area contributed by atoms with Gasteiger partial charge in [0.05, 0.1) is 0 Å². The van der Waals surface area contributed by atoms with Gasteiger partial charge in [0.15, 0.2) is 8.07 Å². The van der Waals surface area contributed by atoms with Crippen molar-refractivity contribution in [1.82, 2.24) is 0 Å². The van der Waals surface area contributed by atoms with Crippen molar-refractivity contribution >= 4 is 23.6 Å². The Kier molecular flexibility index (Phi) is 13.7. The van der Waals surface area contributed by atoms with Crippen LogP contribution in [0.5, 0.6) is 0 Å². The number of allylic oxidation sites excluding steroid dienone is 1. The van der Waals surface area contributed by atoms with E-state index >= 15 is 0 Å². The zero-order valence-corrected chi connectivity index (χ0v) is 36.2. The molecular weight excluding hydrogens is 605 g/mol. The highest BCUT2D eigenvalue weighted by molar-refractivity contribution is 7.13. The molecule has 0 aliphatic carbocycles. The molecule has 0 aromatic heterocycles. The van der Waals surface area contributed by atoms with E-state index < -0.39 is 8.07 Å². The van der Waals surface area contributed by atoms with Crippen LogP contribution in [0.15, 0.2) is 49.1 Å². The predicted molar refractivity (Wildman–Crippen MR) is 226 cm³/mol. The van der Waals surface area contributed by atoms with E-state index in [0.29, 0.717) is 53.3 Å². The second-order valence-corrected chi connectivity index (χ2v) is 21.7. The first-order chi connectivity index (χ1) is 22.7. The summed E-state index contributed by atoms with van der Waals surface area (Å²) in [5, 5.41) is 5.05. The van der Waals surface area contributed by atoms with Crippen LogP contribution in [0.3, 0.4) is 0 Å². The fourth-order valence-electron chi connectivity index (χ4n) is 8.24. The largest absolute Gasteiger partial charge is 0.154 e. The Bertz CT molecular complexity index is 1320. The molecule has 0 unspecified atom stereocenters. The number of hydrogen-bond donors (Lipinski definition) is 0. The van der Waals surface area contributed by atoms with Crippen molar-refractivity contribution in [2.24, 2.45) is 0 Å². The Labute approximate surface area is 305 Å². The second-order valence-electron chi connectivity index (χ2n) is 18.0. The molecule has 3 aromatic rings. The fraction of sp³-hybridized carbons (Fsp3) is 0.583. The van der Waals surface area contributed by atoms with E-state index in [9.17, 15) is 0 Å². The zero-order chi connectivity index (χ0) is 37.3. The molecule has 0 spiro atoms. The lowest BCUT2D eigenvalue weighted by molar-refractivity contribution is 0.804. The molecule has 0 aliphatic rings. The Morgan fingerprint density at radius 3 is 0.673 bits per heavy atom. The van der Waals surface area contributed by atoms with E-state index in [1.165, 1.54) is 16.7 Å². The van der Waals surface area contributed by atoms with Crippen LogP contribution in [0, 0.1) is 0 Å². The molecule has 1 heteroatoms. The maximum Gasteiger partial charge on any atom is 0.154 e. The first-order valence-corrected chi connectivity index (χ1v) is 22.1. The van der Waals surface area contributed by atoms with Gasteiger partial charge in [-0.25, -0.2) is 0 Å². The summed E-state index contributed by atoms with van der Waals surface area (Å²) in [5.41, 5.74) is 13.8. The minimum absolute atomic E-state index is 0.405. The molecule has 49 heavy (non-hydrogen) atoms. The molecule has 0 saturated carbocycles. The second kappa shape index (κ2) is 16.3. The van der Waals surface area contributed by atoms with Crippen molar-refractivity contribution in [2.45, 2.75) is 184 Å². The third-order valence-electron chi connectivity index (χ3n) is 11.1. The molecule has 0 N–H and O–H groups in total. The molecule has 0 fully saturated rings. The Balaban J connectivity index is 3.03. The Hall–Kier alpha value is -2.38. The molecule has 3 aromatic carbocycles. The summed E-state index contributed by atoms with van der Waals surface area (Å²) in [7, 11) is -2.86. The van der Waals surface area contributed by atoms with Crippen LogP contribution in [0.25, 0.3) is 0 Å². The standard InChI is InChI=1S/C48H74Si/c1-20-21-49(46-40(31(8)9)22-37(28(2)3)23-41(46)32(10)11,47-42(33(12)13)24-38(29(4)5)25-43(47)34(14)15)48-44(35(16)17)26-39(30(6)7)27-45(48)36(18)19/h20,22-36H,1,21H2,2-19H3. The highest BCUT2D eigenvalue weighted by Gasteiger charge is 2.48.